The van der Waals surface area contributed by atoms with Crippen molar-refractivity contribution < 1.29 is 0 Å². The number of amidine groups is 1. The van der Waals surface area contributed by atoms with E-state index < -0.39 is 0 Å². The van der Waals surface area contributed by atoms with Crippen LogP contribution in [0.2, 0.25) is 0 Å². The molecule has 0 fully saturated rings. The van der Waals surface area contributed by atoms with Gasteiger partial charge < -0.3 is 5.32 Å². The predicted octanol–water partition coefficient (Wildman–Crippen LogP) is 1.92. The van der Waals surface area contributed by atoms with E-state index in [2.05, 4.69) is 38.1 Å². The minimum atomic E-state index is 0.0389. The van der Waals surface area contributed by atoms with Crippen molar-refractivity contribution >= 4 is 28.8 Å². The Bertz CT molecular complexity index is 637. The Hall–Kier alpha value is -1.60. The van der Waals surface area contributed by atoms with Crippen LogP contribution in [0.1, 0.15) is 19.5 Å². The molecule has 1 N–H and O–H groups in total. The Labute approximate surface area is 128 Å². The average molecular weight is 304 g/mol. The first-order valence-corrected chi connectivity index (χ1v) is 8.35. The van der Waals surface area contributed by atoms with Crippen molar-refractivity contribution in [2.75, 3.05) is 25.9 Å². The van der Waals surface area contributed by atoms with Gasteiger partial charge in [-0.15, -0.1) is 5.10 Å². The average Bonchev–Trinajstić information content (AvgIpc) is 2.81. The zero-order valence-corrected chi connectivity index (χ0v) is 13.2. The van der Waals surface area contributed by atoms with E-state index in [9.17, 15) is 0 Å². The molecule has 1 aliphatic heterocycles. The molecule has 7 heteroatoms. The van der Waals surface area contributed by atoms with Crippen LogP contribution >= 0.6 is 11.9 Å². The Balaban J connectivity index is 1.71. The fourth-order valence-electron chi connectivity index (χ4n) is 2.49. The summed E-state index contributed by atoms with van der Waals surface area (Å²) in [6.45, 7) is 4.96. The van der Waals surface area contributed by atoms with Crippen LogP contribution in [0.5, 0.6) is 0 Å². The summed E-state index contributed by atoms with van der Waals surface area (Å²) < 4.78 is 4.25. The number of nitrogens with one attached hydrogen (secondary N) is 1. The van der Waals surface area contributed by atoms with Crippen LogP contribution in [0.4, 0.5) is 0 Å². The molecule has 0 aliphatic carbocycles. The van der Waals surface area contributed by atoms with Crippen molar-refractivity contribution in [3.63, 3.8) is 0 Å². The summed E-state index contributed by atoms with van der Waals surface area (Å²) in [6, 6.07) is 8.00. The summed E-state index contributed by atoms with van der Waals surface area (Å²) in [5.74, 6) is 1.05. The Morgan fingerprint density at radius 1 is 1.29 bits per heavy atom. The van der Waals surface area contributed by atoms with Gasteiger partial charge in [-0.3, -0.25) is 4.99 Å². The molecule has 0 amide bonds. The van der Waals surface area contributed by atoms with E-state index in [0.29, 0.717) is 0 Å². The smallest absolute Gasteiger partial charge is 0.121 e. The summed E-state index contributed by atoms with van der Waals surface area (Å²) in [4.78, 5) is 4.64. The zero-order valence-electron chi connectivity index (χ0n) is 12.4. The molecule has 3 rings (SSSR count). The molecule has 0 saturated carbocycles. The first-order chi connectivity index (χ1) is 10.3. The van der Waals surface area contributed by atoms with E-state index in [-0.39, 0.29) is 6.17 Å². The number of fused-ring (bicyclic) bond motifs is 1. The van der Waals surface area contributed by atoms with Gasteiger partial charge in [0, 0.05) is 19.5 Å². The van der Waals surface area contributed by atoms with Crippen molar-refractivity contribution in [2.45, 2.75) is 19.5 Å². The van der Waals surface area contributed by atoms with E-state index >= 15 is 0 Å². The quantitative estimate of drug-likeness (QED) is 0.878. The van der Waals surface area contributed by atoms with Gasteiger partial charge >= 0.3 is 0 Å². The molecule has 1 unspecified atom stereocenters. The molecule has 6 nitrogen and oxygen atoms in total. The predicted molar refractivity (Wildman–Crippen MR) is 87.4 cm³/mol. The standard InChI is InChI=1S/C14H20N6S/c1-11(16-14-7-9-19(21-2)10-8-15-14)20-13-6-4-3-5-12(13)17-18-20/h3-6,11H,7-10H2,1-2H3,(H,15,16). The van der Waals surface area contributed by atoms with Gasteiger partial charge in [-0.05, 0) is 25.3 Å². The lowest BCUT2D eigenvalue weighted by molar-refractivity contribution is 0.458. The van der Waals surface area contributed by atoms with Gasteiger partial charge in [0.2, 0.25) is 0 Å². The van der Waals surface area contributed by atoms with Gasteiger partial charge in [0.25, 0.3) is 0 Å². The van der Waals surface area contributed by atoms with Crippen LogP contribution in [-0.2, 0) is 0 Å². The van der Waals surface area contributed by atoms with Crippen molar-refractivity contribution in [1.29, 1.82) is 0 Å². The summed E-state index contributed by atoms with van der Waals surface area (Å²) in [5, 5.41) is 11.9. The van der Waals surface area contributed by atoms with Gasteiger partial charge in [-0.1, -0.05) is 29.3 Å². The number of para-hydroxylation sites is 1. The second-order valence-electron chi connectivity index (χ2n) is 5.03. The summed E-state index contributed by atoms with van der Waals surface area (Å²) in [7, 11) is 0. The van der Waals surface area contributed by atoms with Crippen molar-refractivity contribution in [3.05, 3.63) is 24.3 Å². The highest BCUT2D eigenvalue weighted by Crippen LogP contribution is 2.14. The molecule has 112 valence electrons. The zero-order chi connectivity index (χ0) is 14.7. The normalized spacial score (nSPS) is 18.3. The number of rotatable bonds is 3. The molecule has 2 heterocycles. The third-order valence-corrected chi connectivity index (χ3v) is 4.51. The molecule has 1 aromatic carbocycles. The molecule has 2 aromatic rings. The molecule has 1 aromatic heterocycles. The number of hydrogen-bond acceptors (Lipinski definition) is 6. The van der Waals surface area contributed by atoms with Crippen LogP contribution in [0.15, 0.2) is 29.3 Å². The number of hydrogen-bond donors (Lipinski definition) is 1. The van der Waals surface area contributed by atoms with Crippen molar-refractivity contribution in [2.24, 2.45) is 4.99 Å². The molecule has 1 aliphatic rings. The van der Waals surface area contributed by atoms with Crippen LogP contribution in [0, 0.1) is 0 Å². The van der Waals surface area contributed by atoms with Gasteiger partial charge in [0.15, 0.2) is 0 Å². The lowest BCUT2D eigenvalue weighted by atomic mass is 10.3. The number of aliphatic imine (C=N–C) groups is 1. The van der Waals surface area contributed by atoms with Gasteiger partial charge in [0.05, 0.1) is 17.9 Å². The van der Waals surface area contributed by atoms with Crippen LogP contribution < -0.4 is 5.32 Å². The molecule has 0 radical (unpaired) electrons. The van der Waals surface area contributed by atoms with Crippen molar-refractivity contribution in [3.8, 4) is 0 Å². The topological polar surface area (TPSA) is 58.3 Å². The van der Waals surface area contributed by atoms with Gasteiger partial charge in [-0.2, -0.15) is 0 Å². The fraction of sp³-hybridized carbons (Fsp3) is 0.500. The van der Waals surface area contributed by atoms with Gasteiger partial charge in [0.1, 0.15) is 11.7 Å². The summed E-state index contributed by atoms with van der Waals surface area (Å²) >= 11 is 1.78. The molecular weight excluding hydrogens is 284 g/mol. The largest absolute Gasteiger partial charge is 0.352 e. The molecule has 1 atom stereocenters. The highest BCUT2D eigenvalue weighted by atomic mass is 32.2. The second kappa shape index (κ2) is 6.44. The Morgan fingerprint density at radius 2 is 2.14 bits per heavy atom. The van der Waals surface area contributed by atoms with Crippen molar-refractivity contribution in [1.82, 2.24) is 24.6 Å². The molecule has 21 heavy (non-hydrogen) atoms. The highest BCUT2D eigenvalue weighted by molar-refractivity contribution is 7.96. The molecular formula is C14H20N6S. The van der Waals surface area contributed by atoms with Crippen LogP contribution in [-0.4, -0.2) is 51.0 Å². The van der Waals surface area contributed by atoms with E-state index in [1.165, 1.54) is 0 Å². The SMILES string of the molecule is CSN1CCN=C(NC(C)n2nnc3ccccc32)CC1. The minimum Gasteiger partial charge on any atom is -0.352 e. The molecule has 0 saturated heterocycles. The molecule has 0 bridgehead atoms. The third-order valence-electron chi connectivity index (χ3n) is 3.63. The highest BCUT2D eigenvalue weighted by Gasteiger charge is 2.15. The maximum absolute atomic E-state index is 4.64. The number of nitrogens with zero attached hydrogens (tertiary/aromatic N) is 5. The minimum absolute atomic E-state index is 0.0389. The van der Waals surface area contributed by atoms with Crippen LogP contribution in [0.3, 0.4) is 0 Å². The first kappa shape index (κ1) is 14.3. The Morgan fingerprint density at radius 3 is 3.00 bits per heavy atom. The lowest BCUT2D eigenvalue weighted by Gasteiger charge is -2.18. The molecule has 0 spiro atoms. The fourth-order valence-corrected chi connectivity index (χ4v) is 3.03. The monoisotopic (exact) mass is 304 g/mol. The van der Waals surface area contributed by atoms with E-state index in [1.54, 1.807) is 11.9 Å². The number of benzene rings is 1. The van der Waals surface area contributed by atoms with E-state index in [1.807, 2.05) is 28.9 Å². The second-order valence-corrected chi connectivity index (χ2v) is 5.91. The van der Waals surface area contributed by atoms with Gasteiger partial charge in [-0.25, -0.2) is 8.99 Å². The first-order valence-electron chi connectivity index (χ1n) is 7.17. The van der Waals surface area contributed by atoms with E-state index in [4.69, 9.17) is 0 Å². The summed E-state index contributed by atoms with van der Waals surface area (Å²) in [5.41, 5.74) is 1.96. The maximum atomic E-state index is 4.64. The number of aromatic nitrogens is 3. The lowest BCUT2D eigenvalue weighted by Crippen LogP contribution is -2.32. The maximum Gasteiger partial charge on any atom is 0.121 e. The van der Waals surface area contributed by atoms with Crippen LogP contribution in [0.25, 0.3) is 11.0 Å². The van der Waals surface area contributed by atoms with E-state index in [0.717, 1.165) is 42.9 Å². The Kier molecular flexibility index (Phi) is 4.40. The third kappa shape index (κ3) is 3.19. The summed E-state index contributed by atoms with van der Waals surface area (Å²) in [6.07, 6.45) is 3.09.